The number of hydrogen-bond donors (Lipinski definition) is 1. The number of H-pyrrole nitrogens is 1. The summed E-state index contributed by atoms with van der Waals surface area (Å²) in [6.45, 7) is 0. The number of fused-ring (bicyclic) bond motifs is 3. The van der Waals surface area contributed by atoms with Crippen LogP contribution >= 0.6 is 0 Å². The van der Waals surface area contributed by atoms with Crippen molar-refractivity contribution < 1.29 is 9.53 Å². The minimum atomic E-state index is -0.461. The predicted octanol–water partition coefficient (Wildman–Crippen LogP) is 4.45. The van der Waals surface area contributed by atoms with Crippen LogP contribution < -0.4 is 0 Å². The molecule has 2 aromatic heterocycles. The van der Waals surface area contributed by atoms with Crippen LogP contribution in [0.25, 0.3) is 16.9 Å². The van der Waals surface area contributed by atoms with Crippen LogP contribution in [0, 0.1) is 0 Å². The Kier molecular flexibility index (Phi) is 3.45. The number of benzene rings is 2. The van der Waals surface area contributed by atoms with Gasteiger partial charge in [0, 0.05) is 23.1 Å². The Morgan fingerprint density at radius 2 is 1.76 bits per heavy atom. The molecule has 0 atom stereocenters. The number of ether oxygens (including phenoxy) is 1. The van der Waals surface area contributed by atoms with Crippen LogP contribution in [-0.4, -0.2) is 25.8 Å². The van der Waals surface area contributed by atoms with E-state index in [1.165, 1.54) is 0 Å². The first-order chi connectivity index (χ1) is 14.2. The molecule has 6 nitrogen and oxygen atoms in total. The molecule has 0 radical (unpaired) electrons. The fraction of sp³-hybridized carbons (Fsp3) is 0.261. The van der Waals surface area contributed by atoms with Crippen LogP contribution in [0.3, 0.4) is 0 Å². The van der Waals surface area contributed by atoms with Gasteiger partial charge < -0.3 is 9.72 Å². The van der Waals surface area contributed by atoms with Crippen molar-refractivity contribution in [2.24, 2.45) is 0 Å². The maximum Gasteiger partial charge on any atom is 0.339 e. The number of aromatic nitrogens is 4. The lowest BCUT2D eigenvalue weighted by Crippen LogP contribution is -2.31. The van der Waals surface area contributed by atoms with Crippen LogP contribution in [0.5, 0.6) is 0 Å². The number of aromatic amines is 1. The quantitative estimate of drug-likeness (QED) is 0.518. The first-order valence-corrected chi connectivity index (χ1v) is 10.1. The summed E-state index contributed by atoms with van der Waals surface area (Å²) in [5.74, 6) is 1.08. The minimum absolute atomic E-state index is 0.191. The van der Waals surface area contributed by atoms with Crippen molar-refractivity contribution in [1.82, 2.24) is 19.8 Å². The zero-order valence-electron chi connectivity index (χ0n) is 15.8. The van der Waals surface area contributed by atoms with Crippen molar-refractivity contribution in [1.29, 1.82) is 0 Å². The summed E-state index contributed by atoms with van der Waals surface area (Å²) in [5.41, 5.74) is 4.19. The van der Waals surface area contributed by atoms with Gasteiger partial charge in [0.05, 0.1) is 11.3 Å². The molecule has 0 amide bonds. The summed E-state index contributed by atoms with van der Waals surface area (Å²) < 4.78 is 7.55. The van der Waals surface area contributed by atoms with Gasteiger partial charge in [-0.1, -0.05) is 48.5 Å². The third-order valence-corrected chi connectivity index (χ3v) is 6.33. The van der Waals surface area contributed by atoms with Crippen molar-refractivity contribution in [3.8, 4) is 11.3 Å². The summed E-state index contributed by atoms with van der Waals surface area (Å²) in [4.78, 5) is 15.7. The number of nitrogens with zero attached hydrogens (tertiary/aromatic N) is 3. The van der Waals surface area contributed by atoms with Gasteiger partial charge in [-0.15, -0.1) is 14.8 Å². The van der Waals surface area contributed by atoms with E-state index in [4.69, 9.17) is 9.84 Å². The molecule has 144 valence electrons. The third kappa shape index (κ3) is 2.52. The van der Waals surface area contributed by atoms with Crippen LogP contribution in [0.4, 0.5) is 0 Å². The SMILES string of the molecule is O=C1O[C@]2(CC[C@@H](c3nn4nc(-c5ccccc5)cc4[nH]3)CC2)c2ccccc21. The number of hydrogen-bond acceptors (Lipinski definition) is 4. The van der Waals surface area contributed by atoms with Gasteiger partial charge >= 0.3 is 5.97 Å². The second-order valence-electron chi connectivity index (χ2n) is 7.98. The molecule has 4 aromatic rings. The average Bonchev–Trinajstić information content (AvgIpc) is 3.41. The van der Waals surface area contributed by atoms with E-state index in [9.17, 15) is 4.79 Å². The molecule has 1 fully saturated rings. The molecule has 0 bridgehead atoms. The molecule has 1 aliphatic carbocycles. The van der Waals surface area contributed by atoms with E-state index < -0.39 is 5.60 Å². The molecule has 29 heavy (non-hydrogen) atoms. The summed E-state index contributed by atoms with van der Waals surface area (Å²) in [7, 11) is 0. The standard InChI is InChI=1S/C23H20N4O2/c28-22-17-8-4-5-9-18(17)23(29-22)12-10-16(11-13-23)21-24-20-14-19(25-27(20)26-21)15-6-2-1-3-7-15/h1-9,14,16H,10-13H2,(H,24,26)/t16-,23+. The Hall–Kier alpha value is -3.41. The highest BCUT2D eigenvalue weighted by Crippen LogP contribution is 2.49. The molecule has 2 aromatic carbocycles. The number of carbonyl (C=O) groups excluding carboxylic acids is 1. The van der Waals surface area contributed by atoms with E-state index >= 15 is 0 Å². The lowest BCUT2D eigenvalue weighted by Gasteiger charge is -2.35. The van der Waals surface area contributed by atoms with E-state index in [2.05, 4.69) is 10.1 Å². The molecule has 1 aliphatic heterocycles. The molecular formula is C23H20N4O2. The molecular weight excluding hydrogens is 364 g/mol. The summed E-state index contributed by atoms with van der Waals surface area (Å²) in [6.07, 6.45) is 3.48. The van der Waals surface area contributed by atoms with Crippen molar-refractivity contribution in [2.75, 3.05) is 0 Å². The number of rotatable bonds is 2. The zero-order chi connectivity index (χ0) is 19.4. The van der Waals surface area contributed by atoms with Gasteiger partial charge in [0.2, 0.25) is 0 Å². The van der Waals surface area contributed by atoms with Crippen LogP contribution in [0.15, 0.2) is 60.7 Å². The van der Waals surface area contributed by atoms with E-state index in [0.29, 0.717) is 5.92 Å². The Labute approximate surface area is 167 Å². The van der Waals surface area contributed by atoms with Crippen molar-refractivity contribution in [3.63, 3.8) is 0 Å². The maximum atomic E-state index is 12.3. The monoisotopic (exact) mass is 384 g/mol. The highest BCUT2D eigenvalue weighted by molar-refractivity contribution is 5.94. The van der Waals surface area contributed by atoms with E-state index in [1.54, 1.807) is 4.63 Å². The second kappa shape index (κ2) is 6.04. The van der Waals surface area contributed by atoms with Crippen LogP contribution in [0.1, 0.15) is 53.3 Å². The summed E-state index contributed by atoms with van der Waals surface area (Å²) in [5, 5.41) is 9.31. The van der Waals surface area contributed by atoms with Crippen molar-refractivity contribution in [2.45, 2.75) is 37.2 Å². The number of esters is 1. The van der Waals surface area contributed by atoms with Gasteiger partial charge in [0.15, 0.2) is 5.65 Å². The molecule has 6 rings (SSSR count). The Morgan fingerprint density at radius 3 is 2.55 bits per heavy atom. The Morgan fingerprint density at radius 1 is 1.00 bits per heavy atom. The lowest BCUT2D eigenvalue weighted by atomic mass is 9.75. The first-order valence-electron chi connectivity index (χ1n) is 10.1. The fourth-order valence-electron chi connectivity index (χ4n) is 4.80. The fourth-order valence-corrected chi connectivity index (χ4v) is 4.80. The van der Waals surface area contributed by atoms with Crippen molar-refractivity contribution in [3.05, 3.63) is 77.6 Å². The predicted molar refractivity (Wildman–Crippen MR) is 108 cm³/mol. The number of nitrogens with one attached hydrogen (secondary N) is 1. The Bertz CT molecular complexity index is 1180. The van der Waals surface area contributed by atoms with Gasteiger partial charge in [0.1, 0.15) is 11.4 Å². The lowest BCUT2D eigenvalue weighted by molar-refractivity contribution is -0.0312. The molecule has 0 unspecified atom stereocenters. The van der Waals surface area contributed by atoms with Crippen molar-refractivity contribution >= 4 is 11.6 Å². The first kappa shape index (κ1) is 16.5. The highest BCUT2D eigenvalue weighted by atomic mass is 16.6. The highest BCUT2D eigenvalue weighted by Gasteiger charge is 2.47. The van der Waals surface area contributed by atoms with Gasteiger partial charge in [-0.2, -0.15) is 0 Å². The molecule has 1 saturated carbocycles. The normalized spacial score (nSPS) is 23.4. The van der Waals surface area contributed by atoms with E-state index in [-0.39, 0.29) is 5.97 Å². The molecule has 1 N–H and O–H groups in total. The van der Waals surface area contributed by atoms with E-state index in [0.717, 1.165) is 59.5 Å². The smallest absolute Gasteiger partial charge is 0.339 e. The summed E-state index contributed by atoms with van der Waals surface area (Å²) >= 11 is 0. The maximum absolute atomic E-state index is 12.3. The second-order valence-corrected chi connectivity index (χ2v) is 7.98. The largest absolute Gasteiger partial charge is 0.451 e. The molecule has 2 aliphatic rings. The Balaban J connectivity index is 1.24. The van der Waals surface area contributed by atoms with Gasteiger partial charge in [0.25, 0.3) is 0 Å². The van der Waals surface area contributed by atoms with E-state index in [1.807, 2.05) is 60.7 Å². The van der Waals surface area contributed by atoms with Crippen LogP contribution in [0.2, 0.25) is 0 Å². The summed E-state index contributed by atoms with van der Waals surface area (Å²) in [6, 6.07) is 19.9. The molecule has 6 heteroatoms. The van der Waals surface area contributed by atoms with Crippen LogP contribution in [-0.2, 0) is 10.3 Å². The zero-order valence-corrected chi connectivity index (χ0v) is 15.8. The minimum Gasteiger partial charge on any atom is -0.451 e. The third-order valence-electron chi connectivity index (χ3n) is 6.33. The van der Waals surface area contributed by atoms with Gasteiger partial charge in [-0.05, 0) is 31.7 Å². The molecule has 0 saturated heterocycles. The van der Waals surface area contributed by atoms with Gasteiger partial charge in [-0.3, -0.25) is 0 Å². The van der Waals surface area contributed by atoms with Gasteiger partial charge in [-0.25, -0.2) is 4.79 Å². The topological polar surface area (TPSA) is 72.3 Å². The average molecular weight is 384 g/mol. The molecule has 3 heterocycles. The number of carbonyl (C=O) groups is 1. The molecule has 1 spiro atoms.